The van der Waals surface area contributed by atoms with Gasteiger partial charge in [-0.25, -0.2) is 0 Å². The van der Waals surface area contributed by atoms with Crippen molar-refractivity contribution >= 4 is 0 Å². The first-order valence-electron chi connectivity index (χ1n) is 4.79. The monoisotopic (exact) mass is 211 g/mol. The Bertz CT molecular complexity index is 608. The predicted molar refractivity (Wildman–Crippen MR) is 59.3 cm³/mol. The second-order valence-electron chi connectivity index (χ2n) is 3.34. The molecule has 0 aliphatic heterocycles. The highest BCUT2D eigenvalue weighted by Gasteiger charge is 2.05. The SMILES string of the molecule is Cc1nn(-c2ccccc2)c(=O)cc1C#N. The van der Waals surface area contributed by atoms with Gasteiger partial charge >= 0.3 is 0 Å². The fraction of sp³-hybridized carbons (Fsp3) is 0.0833. The van der Waals surface area contributed by atoms with Crippen LogP contribution < -0.4 is 5.56 Å². The molecule has 0 atom stereocenters. The molecule has 1 heterocycles. The minimum Gasteiger partial charge on any atom is -0.267 e. The number of aryl methyl sites for hydroxylation is 1. The Morgan fingerprint density at radius 3 is 2.62 bits per heavy atom. The molecule has 0 bridgehead atoms. The largest absolute Gasteiger partial charge is 0.272 e. The first-order chi connectivity index (χ1) is 7.72. The fourth-order valence-electron chi connectivity index (χ4n) is 1.41. The molecule has 0 aliphatic rings. The lowest BCUT2D eigenvalue weighted by molar-refractivity contribution is 0.782. The predicted octanol–water partition coefficient (Wildman–Crippen LogP) is 1.41. The van der Waals surface area contributed by atoms with Gasteiger partial charge in [0, 0.05) is 6.07 Å². The van der Waals surface area contributed by atoms with E-state index in [1.807, 2.05) is 24.3 Å². The van der Waals surface area contributed by atoms with Crippen LogP contribution in [-0.2, 0) is 0 Å². The van der Waals surface area contributed by atoms with Crippen LogP contribution in [0.1, 0.15) is 11.3 Å². The van der Waals surface area contributed by atoms with E-state index in [-0.39, 0.29) is 5.56 Å². The number of nitriles is 1. The van der Waals surface area contributed by atoms with Gasteiger partial charge in [-0.1, -0.05) is 18.2 Å². The van der Waals surface area contributed by atoms with E-state index in [2.05, 4.69) is 5.10 Å². The van der Waals surface area contributed by atoms with Crippen molar-refractivity contribution in [3.63, 3.8) is 0 Å². The topological polar surface area (TPSA) is 58.7 Å². The van der Waals surface area contributed by atoms with Crippen molar-refractivity contribution < 1.29 is 0 Å². The second kappa shape index (κ2) is 3.99. The molecular formula is C12H9N3O. The van der Waals surface area contributed by atoms with Crippen molar-refractivity contribution in [2.24, 2.45) is 0 Å². The zero-order valence-corrected chi connectivity index (χ0v) is 8.71. The smallest absolute Gasteiger partial charge is 0.267 e. The zero-order chi connectivity index (χ0) is 11.5. The standard InChI is InChI=1S/C12H9N3O/c1-9-10(8-13)7-12(16)15(14-9)11-5-3-2-4-6-11/h2-7H,1H3. The van der Waals surface area contributed by atoms with E-state index in [9.17, 15) is 4.79 Å². The molecule has 4 heteroatoms. The summed E-state index contributed by atoms with van der Waals surface area (Å²) in [5, 5.41) is 12.9. The molecule has 78 valence electrons. The molecule has 0 amide bonds. The number of aromatic nitrogens is 2. The number of para-hydroxylation sites is 1. The average molecular weight is 211 g/mol. The molecule has 0 unspecified atom stereocenters. The molecule has 16 heavy (non-hydrogen) atoms. The van der Waals surface area contributed by atoms with Gasteiger partial charge in [0.15, 0.2) is 0 Å². The summed E-state index contributed by atoms with van der Waals surface area (Å²) in [5.41, 5.74) is 1.26. The van der Waals surface area contributed by atoms with Crippen LogP contribution in [-0.4, -0.2) is 9.78 Å². The highest BCUT2D eigenvalue weighted by Crippen LogP contribution is 2.04. The van der Waals surface area contributed by atoms with Gasteiger partial charge in [-0.05, 0) is 19.1 Å². The van der Waals surface area contributed by atoms with Crippen molar-refractivity contribution in [2.75, 3.05) is 0 Å². The maximum absolute atomic E-state index is 11.7. The van der Waals surface area contributed by atoms with Gasteiger partial charge in [0.2, 0.25) is 0 Å². The third kappa shape index (κ3) is 1.71. The summed E-state index contributed by atoms with van der Waals surface area (Å²) in [6.45, 7) is 1.71. The van der Waals surface area contributed by atoms with Crippen LogP contribution >= 0.6 is 0 Å². The minimum atomic E-state index is -0.298. The van der Waals surface area contributed by atoms with Crippen LogP contribution in [0.5, 0.6) is 0 Å². The highest BCUT2D eigenvalue weighted by molar-refractivity contribution is 5.34. The molecule has 4 nitrogen and oxygen atoms in total. The van der Waals surface area contributed by atoms with Crippen molar-refractivity contribution in [3.05, 3.63) is 58.0 Å². The summed E-state index contributed by atoms with van der Waals surface area (Å²) in [4.78, 5) is 11.7. The lowest BCUT2D eigenvalue weighted by Gasteiger charge is -2.05. The second-order valence-corrected chi connectivity index (χ2v) is 3.34. The van der Waals surface area contributed by atoms with E-state index < -0.39 is 0 Å². The summed E-state index contributed by atoms with van der Waals surface area (Å²) >= 11 is 0. The molecule has 0 fully saturated rings. The molecule has 2 aromatic rings. The molecule has 0 saturated carbocycles. The first-order valence-corrected chi connectivity index (χ1v) is 4.79. The van der Waals surface area contributed by atoms with Gasteiger partial charge < -0.3 is 0 Å². The summed E-state index contributed by atoms with van der Waals surface area (Å²) in [7, 11) is 0. The Morgan fingerprint density at radius 1 is 1.31 bits per heavy atom. The van der Waals surface area contributed by atoms with Crippen LogP contribution in [0.25, 0.3) is 5.69 Å². The normalized spacial score (nSPS) is 9.75. The van der Waals surface area contributed by atoms with E-state index >= 15 is 0 Å². The summed E-state index contributed by atoms with van der Waals surface area (Å²) < 4.78 is 1.29. The number of nitrogens with zero attached hydrogens (tertiary/aromatic N) is 3. The molecule has 1 aromatic heterocycles. The number of rotatable bonds is 1. The summed E-state index contributed by atoms with van der Waals surface area (Å²) in [6.07, 6.45) is 0. The molecular weight excluding hydrogens is 202 g/mol. The highest BCUT2D eigenvalue weighted by atomic mass is 16.1. The van der Waals surface area contributed by atoms with Crippen LogP contribution in [0.3, 0.4) is 0 Å². The molecule has 0 spiro atoms. The van der Waals surface area contributed by atoms with Crippen LogP contribution in [0.4, 0.5) is 0 Å². The number of hydrogen-bond acceptors (Lipinski definition) is 3. The molecule has 1 aromatic carbocycles. The van der Waals surface area contributed by atoms with Crippen molar-refractivity contribution in [3.8, 4) is 11.8 Å². The first kappa shape index (κ1) is 10.1. The Labute approximate surface area is 92.4 Å². The summed E-state index contributed by atoms with van der Waals surface area (Å²) in [6, 6.07) is 12.3. The maximum atomic E-state index is 11.7. The summed E-state index contributed by atoms with van der Waals surface area (Å²) in [5.74, 6) is 0. The van der Waals surface area contributed by atoms with Crippen molar-refractivity contribution in [1.82, 2.24) is 9.78 Å². The Kier molecular flexibility index (Phi) is 2.52. The quantitative estimate of drug-likeness (QED) is 0.716. The van der Waals surface area contributed by atoms with Crippen molar-refractivity contribution in [2.45, 2.75) is 6.92 Å². The molecule has 0 radical (unpaired) electrons. The lowest BCUT2D eigenvalue weighted by Crippen LogP contribution is -2.21. The number of hydrogen-bond donors (Lipinski definition) is 0. The Hall–Kier alpha value is -2.41. The fourth-order valence-corrected chi connectivity index (χ4v) is 1.41. The lowest BCUT2D eigenvalue weighted by atomic mass is 10.2. The average Bonchev–Trinajstić information content (AvgIpc) is 2.32. The maximum Gasteiger partial charge on any atom is 0.272 e. The Balaban J connectivity index is 2.65. The van der Waals surface area contributed by atoms with Gasteiger partial charge in [0.05, 0.1) is 16.9 Å². The van der Waals surface area contributed by atoms with Crippen LogP contribution in [0.2, 0.25) is 0 Å². The van der Waals surface area contributed by atoms with Gasteiger partial charge in [-0.15, -0.1) is 0 Å². The van der Waals surface area contributed by atoms with E-state index in [0.717, 1.165) is 0 Å². The van der Waals surface area contributed by atoms with Gasteiger partial charge in [0.1, 0.15) is 6.07 Å². The molecule has 2 rings (SSSR count). The van der Waals surface area contributed by atoms with Gasteiger partial charge in [-0.3, -0.25) is 4.79 Å². The van der Waals surface area contributed by atoms with Crippen LogP contribution in [0.15, 0.2) is 41.2 Å². The molecule has 0 saturated heterocycles. The van der Waals surface area contributed by atoms with E-state index in [1.54, 1.807) is 19.1 Å². The molecule has 0 aliphatic carbocycles. The molecule has 0 N–H and O–H groups in total. The minimum absolute atomic E-state index is 0.298. The zero-order valence-electron chi connectivity index (χ0n) is 8.71. The number of benzene rings is 1. The third-order valence-corrected chi connectivity index (χ3v) is 2.24. The Morgan fingerprint density at radius 2 is 2.00 bits per heavy atom. The van der Waals surface area contributed by atoms with Gasteiger partial charge in [-0.2, -0.15) is 15.0 Å². The van der Waals surface area contributed by atoms with E-state index in [0.29, 0.717) is 16.9 Å². The van der Waals surface area contributed by atoms with Crippen LogP contribution in [0, 0.1) is 18.3 Å². The van der Waals surface area contributed by atoms with Gasteiger partial charge in [0.25, 0.3) is 5.56 Å². The van der Waals surface area contributed by atoms with E-state index in [1.165, 1.54) is 10.7 Å². The van der Waals surface area contributed by atoms with E-state index in [4.69, 9.17) is 5.26 Å². The van der Waals surface area contributed by atoms with Crippen molar-refractivity contribution in [1.29, 1.82) is 5.26 Å². The third-order valence-electron chi connectivity index (χ3n) is 2.24.